The first-order chi connectivity index (χ1) is 6.09. The number of rotatable bonds is 2. The number of aliphatic carboxylic acids is 1. The van der Waals surface area contributed by atoms with Gasteiger partial charge in [0.2, 0.25) is 0 Å². The van der Waals surface area contributed by atoms with E-state index < -0.39 is 5.97 Å². The summed E-state index contributed by atoms with van der Waals surface area (Å²) < 4.78 is 0. The molecular weight excluding hydrogens is 172 g/mol. The van der Waals surface area contributed by atoms with E-state index in [2.05, 4.69) is 0 Å². The highest BCUT2D eigenvalue weighted by atomic mass is 16.4. The molecule has 0 spiro atoms. The summed E-state index contributed by atoms with van der Waals surface area (Å²) in [5.41, 5.74) is 0. The van der Waals surface area contributed by atoms with E-state index >= 15 is 0 Å². The van der Waals surface area contributed by atoms with Crippen LogP contribution >= 0.6 is 0 Å². The van der Waals surface area contributed by atoms with E-state index in [9.17, 15) is 14.4 Å². The number of carboxylic acid groups (broad SMARTS) is 1. The topological polar surface area (TPSA) is 71.4 Å². The van der Waals surface area contributed by atoms with Gasteiger partial charge >= 0.3 is 5.97 Å². The van der Waals surface area contributed by atoms with Crippen LogP contribution in [-0.4, -0.2) is 22.6 Å². The van der Waals surface area contributed by atoms with Crippen molar-refractivity contribution in [2.45, 2.75) is 19.3 Å². The van der Waals surface area contributed by atoms with Crippen molar-refractivity contribution < 1.29 is 19.5 Å². The van der Waals surface area contributed by atoms with E-state index in [0.717, 1.165) is 6.08 Å². The third-order valence-electron chi connectivity index (χ3n) is 2.01. The van der Waals surface area contributed by atoms with Crippen LogP contribution in [0.15, 0.2) is 12.2 Å². The SMILES string of the molecule is O=C(O)/C=C/C1CCC(=O)C(=O)C1. The van der Waals surface area contributed by atoms with Crippen LogP contribution < -0.4 is 0 Å². The average Bonchev–Trinajstić information content (AvgIpc) is 2.07. The molecule has 0 aromatic heterocycles. The van der Waals surface area contributed by atoms with Gasteiger partial charge in [-0.05, 0) is 12.3 Å². The number of Topliss-reactive ketones (excluding diaryl/α,β-unsaturated/α-hetero) is 2. The molecule has 70 valence electrons. The van der Waals surface area contributed by atoms with Gasteiger partial charge in [-0.2, -0.15) is 0 Å². The van der Waals surface area contributed by atoms with Crippen molar-refractivity contribution in [2.75, 3.05) is 0 Å². The number of ketones is 2. The lowest BCUT2D eigenvalue weighted by Gasteiger charge is -2.15. The Morgan fingerprint density at radius 3 is 2.62 bits per heavy atom. The van der Waals surface area contributed by atoms with Crippen LogP contribution in [0.3, 0.4) is 0 Å². The Hall–Kier alpha value is -1.45. The average molecular weight is 182 g/mol. The summed E-state index contributed by atoms with van der Waals surface area (Å²) in [6.45, 7) is 0. The number of carbonyl (C=O) groups is 3. The van der Waals surface area contributed by atoms with Crippen LogP contribution in [0, 0.1) is 5.92 Å². The number of carbonyl (C=O) groups excluding carboxylic acids is 2. The highest BCUT2D eigenvalue weighted by molar-refractivity contribution is 6.37. The summed E-state index contributed by atoms with van der Waals surface area (Å²) in [4.78, 5) is 31.9. The fourth-order valence-corrected chi connectivity index (χ4v) is 1.29. The summed E-state index contributed by atoms with van der Waals surface area (Å²) in [6.07, 6.45) is 3.48. The maximum atomic E-state index is 10.9. The molecule has 0 aliphatic heterocycles. The van der Waals surface area contributed by atoms with Gasteiger partial charge in [0.1, 0.15) is 0 Å². The number of carboxylic acids is 1. The molecule has 0 aromatic carbocycles. The minimum atomic E-state index is -1.02. The molecule has 1 fully saturated rings. The molecule has 0 amide bonds. The van der Waals surface area contributed by atoms with Gasteiger partial charge < -0.3 is 5.11 Å². The maximum absolute atomic E-state index is 10.9. The Labute approximate surface area is 75.2 Å². The van der Waals surface area contributed by atoms with Gasteiger partial charge in [0, 0.05) is 18.9 Å². The summed E-state index contributed by atoms with van der Waals surface area (Å²) in [5, 5.41) is 8.32. The van der Waals surface area contributed by atoms with Crippen LogP contribution in [0.1, 0.15) is 19.3 Å². The van der Waals surface area contributed by atoms with Gasteiger partial charge in [-0.3, -0.25) is 9.59 Å². The van der Waals surface area contributed by atoms with Gasteiger partial charge in [0.15, 0.2) is 11.6 Å². The molecule has 1 unspecified atom stereocenters. The standard InChI is InChI=1S/C9H10O4/c10-7-3-1-6(5-8(7)11)2-4-9(12)13/h2,4,6H,1,3,5H2,(H,12,13)/b4-2+. The second-order valence-electron chi connectivity index (χ2n) is 3.05. The largest absolute Gasteiger partial charge is 0.478 e. The molecule has 1 aliphatic rings. The first-order valence-electron chi connectivity index (χ1n) is 4.06. The summed E-state index contributed by atoms with van der Waals surface area (Å²) >= 11 is 0. The van der Waals surface area contributed by atoms with Crippen molar-refractivity contribution in [3.05, 3.63) is 12.2 Å². The van der Waals surface area contributed by atoms with E-state index in [1.807, 2.05) is 0 Å². The first-order valence-corrected chi connectivity index (χ1v) is 4.06. The Kier molecular flexibility index (Phi) is 2.95. The fourth-order valence-electron chi connectivity index (χ4n) is 1.29. The molecule has 1 N–H and O–H groups in total. The van der Waals surface area contributed by atoms with Crippen molar-refractivity contribution in [1.82, 2.24) is 0 Å². The number of hydrogen-bond acceptors (Lipinski definition) is 3. The zero-order chi connectivity index (χ0) is 9.84. The quantitative estimate of drug-likeness (QED) is 0.500. The minimum Gasteiger partial charge on any atom is -0.478 e. The molecule has 0 heterocycles. The lowest BCUT2D eigenvalue weighted by atomic mass is 9.87. The highest BCUT2D eigenvalue weighted by Crippen LogP contribution is 2.20. The molecule has 4 heteroatoms. The van der Waals surface area contributed by atoms with E-state index in [1.54, 1.807) is 0 Å². The molecule has 4 nitrogen and oxygen atoms in total. The first kappa shape index (κ1) is 9.64. The van der Waals surface area contributed by atoms with Gasteiger partial charge in [-0.25, -0.2) is 4.79 Å². The predicted octanol–water partition coefficient (Wildman–Crippen LogP) is 0.565. The lowest BCUT2D eigenvalue weighted by molar-refractivity contribution is -0.138. The highest BCUT2D eigenvalue weighted by Gasteiger charge is 2.24. The Balaban J connectivity index is 2.51. The normalized spacial score (nSPS) is 23.8. The Bertz CT molecular complexity index is 277. The van der Waals surface area contributed by atoms with Crippen molar-refractivity contribution in [3.8, 4) is 0 Å². The van der Waals surface area contributed by atoms with E-state index in [-0.39, 0.29) is 30.3 Å². The predicted molar refractivity (Wildman–Crippen MR) is 44.1 cm³/mol. The van der Waals surface area contributed by atoms with Gasteiger partial charge in [0.05, 0.1) is 0 Å². The fraction of sp³-hybridized carbons (Fsp3) is 0.444. The van der Waals surface area contributed by atoms with Crippen LogP contribution in [0.2, 0.25) is 0 Å². The number of hydrogen-bond donors (Lipinski definition) is 1. The van der Waals surface area contributed by atoms with E-state index in [4.69, 9.17) is 5.11 Å². The summed E-state index contributed by atoms with van der Waals surface area (Å²) in [6, 6.07) is 0. The second-order valence-corrected chi connectivity index (χ2v) is 3.05. The zero-order valence-electron chi connectivity index (χ0n) is 7.03. The van der Waals surface area contributed by atoms with Gasteiger partial charge in [-0.1, -0.05) is 6.08 Å². The molecular formula is C9H10O4. The Morgan fingerprint density at radius 2 is 2.08 bits per heavy atom. The maximum Gasteiger partial charge on any atom is 0.327 e. The molecule has 1 atom stereocenters. The Morgan fingerprint density at radius 1 is 1.38 bits per heavy atom. The molecule has 13 heavy (non-hydrogen) atoms. The third kappa shape index (κ3) is 2.82. The second kappa shape index (κ2) is 3.98. The van der Waals surface area contributed by atoms with Gasteiger partial charge in [-0.15, -0.1) is 0 Å². The lowest BCUT2D eigenvalue weighted by Crippen LogP contribution is -2.23. The molecule has 0 saturated heterocycles. The van der Waals surface area contributed by atoms with Crippen LogP contribution in [0.5, 0.6) is 0 Å². The van der Waals surface area contributed by atoms with Crippen LogP contribution in [-0.2, 0) is 14.4 Å². The van der Waals surface area contributed by atoms with Crippen molar-refractivity contribution >= 4 is 17.5 Å². The van der Waals surface area contributed by atoms with Gasteiger partial charge in [0.25, 0.3) is 0 Å². The number of allylic oxidation sites excluding steroid dienone is 1. The van der Waals surface area contributed by atoms with Crippen molar-refractivity contribution in [2.24, 2.45) is 5.92 Å². The molecule has 1 aliphatic carbocycles. The minimum absolute atomic E-state index is 0.0821. The van der Waals surface area contributed by atoms with E-state index in [1.165, 1.54) is 6.08 Å². The molecule has 0 bridgehead atoms. The molecule has 1 saturated carbocycles. The van der Waals surface area contributed by atoms with Crippen LogP contribution in [0.25, 0.3) is 0 Å². The molecule has 1 rings (SSSR count). The molecule has 0 aromatic rings. The zero-order valence-corrected chi connectivity index (χ0v) is 7.03. The van der Waals surface area contributed by atoms with E-state index in [0.29, 0.717) is 6.42 Å². The summed E-state index contributed by atoms with van der Waals surface area (Å²) in [5.74, 6) is -1.82. The van der Waals surface area contributed by atoms with Crippen LogP contribution in [0.4, 0.5) is 0 Å². The summed E-state index contributed by atoms with van der Waals surface area (Å²) in [7, 11) is 0. The van der Waals surface area contributed by atoms with Crippen molar-refractivity contribution in [3.63, 3.8) is 0 Å². The third-order valence-corrected chi connectivity index (χ3v) is 2.01. The molecule has 0 radical (unpaired) electrons. The monoisotopic (exact) mass is 182 g/mol. The smallest absolute Gasteiger partial charge is 0.327 e. The van der Waals surface area contributed by atoms with Crippen molar-refractivity contribution in [1.29, 1.82) is 0 Å².